The molecule has 0 unspecified atom stereocenters. The molecule has 1 heterocycles. The topological polar surface area (TPSA) is 51.2 Å². The molecular formula is C15H18N2O2. The second-order valence-corrected chi connectivity index (χ2v) is 5.32. The molecule has 1 N–H and O–H groups in total. The molecule has 4 nitrogen and oxygen atoms in total. The van der Waals surface area contributed by atoms with Crippen LogP contribution in [0.5, 0.6) is 0 Å². The van der Waals surface area contributed by atoms with Crippen molar-refractivity contribution >= 4 is 22.7 Å². The van der Waals surface area contributed by atoms with Gasteiger partial charge in [0.1, 0.15) is 11.4 Å². The van der Waals surface area contributed by atoms with Crippen molar-refractivity contribution in [2.75, 3.05) is 12.4 Å². The Balaban J connectivity index is 2.54. The van der Waals surface area contributed by atoms with Gasteiger partial charge in [-0.15, -0.1) is 0 Å². The number of carbonyl (C=O) groups is 1. The van der Waals surface area contributed by atoms with Gasteiger partial charge < -0.3 is 10.1 Å². The number of benzene rings is 1. The monoisotopic (exact) mass is 258 g/mol. The van der Waals surface area contributed by atoms with Crippen LogP contribution in [0.15, 0.2) is 30.3 Å². The molecule has 2 rings (SSSR count). The number of aromatic nitrogens is 1. The summed E-state index contributed by atoms with van der Waals surface area (Å²) in [5, 5.41) is 3.76. The summed E-state index contributed by atoms with van der Waals surface area (Å²) in [7, 11) is 1.77. The number of ether oxygens (including phenoxy) is 1. The highest BCUT2D eigenvalue weighted by atomic mass is 16.6. The van der Waals surface area contributed by atoms with Crippen LogP contribution in [-0.2, 0) is 4.74 Å². The van der Waals surface area contributed by atoms with Crippen LogP contribution in [0.25, 0.3) is 10.9 Å². The van der Waals surface area contributed by atoms with Gasteiger partial charge in [-0.1, -0.05) is 18.2 Å². The second-order valence-electron chi connectivity index (χ2n) is 5.32. The van der Waals surface area contributed by atoms with E-state index in [0.29, 0.717) is 11.4 Å². The van der Waals surface area contributed by atoms with Crippen molar-refractivity contribution in [2.24, 2.45) is 0 Å². The van der Waals surface area contributed by atoms with E-state index in [0.717, 1.165) is 10.9 Å². The zero-order valence-corrected chi connectivity index (χ0v) is 11.7. The number of rotatable bonds is 2. The van der Waals surface area contributed by atoms with Crippen LogP contribution in [0, 0.1) is 0 Å². The molecule has 0 fully saturated rings. The van der Waals surface area contributed by atoms with Gasteiger partial charge in [0.05, 0.1) is 11.1 Å². The number of para-hydroxylation sites is 1. The van der Waals surface area contributed by atoms with Crippen molar-refractivity contribution in [1.82, 2.24) is 4.98 Å². The van der Waals surface area contributed by atoms with Crippen LogP contribution in [0.2, 0.25) is 0 Å². The number of hydrogen-bond acceptors (Lipinski definition) is 4. The number of hydrogen-bond donors (Lipinski definition) is 1. The fraction of sp³-hybridized carbons (Fsp3) is 0.333. The Morgan fingerprint density at radius 3 is 2.58 bits per heavy atom. The van der Waals surface area contributed by atoms with Crippen LogP contribution >= 0.6 is 0 Å². The molecule has 4 heteroatoms. The van der Waals surface area contributed by atoms with Crippen molar-refractivity contribution < 1.29 is 9.53 Å². The summed E-state index contributed by atoms with van der Waals surface area (Å²) in [6.45, 7) is 5.56. The molecule has 1 aromatic carbocycles. The summed E-state index contributed by atoms with van der Waals surface area (Å²) in [4.78, 5) is 16.7. The molecule has 1 aromatic heterocycles. The average Bonchev–Trinajstić information content (AvgIpc) is 2.35. The van der Waals surface area contributed by atoms with E-state index in [2.05, 4.69) is 10.3 Å². The molecule has 0 spiro atoms. The number of fused-ring (bicyclic) bond motifs is 1. The van der Waals surface area contributed by atoms with Gasteiger partial charge in [0.25, 0.3) is 0 Å². The summed E-state index contributed by atoms with van der Waals surface area (Å²) in [6.07, 6.45) is 0. The van der Waals surface area contributed by atoms with Gasteiger partial charge in [0, 0.05) is 12.4 Å². The van der Waals surface area contributed by atoms with Crippen molar-refractivity contribution in [3.63, 3.8) is 0 Å². The molecule has 0 saturated carbocycles. The summed E-state index contributed by atoms with van der Waals surface area (Å²) in [6, 6.07) is 9.26. The Labute approximate surface area is 112 Å². The minimum Gasteiger partial charge on any atom is -0.456 e. The van der Waals surface area contributed by atoms with E-state index >= 15 is 0 Å². The van der Waals surface area contributed by atoms with E-state index in [-0.39, 0.29) is 5.97 Å². The summed E-state index contributed by atoms with van der Waals surface area (Å²) in [5.74, 6) is 0.321. The normalized spacial score (nSPS) is 11.4. The summed E-state index contributed by atoms with van der Waals surface area (Å²) >= 11 is 0. The first kappa shape index (κ1) is 13.3. The average molecular weight is 258 g/mol. The summed E-state index contributed by atoms with van der Waals surface area (Å²) in [5.41, 5.74) is 0.793. The number of anilines is 1. The number of pyridine rings is 1. The lowest BCUT2D eigenvalue weighted by Crippen LogP contribution is -2.24. The number of nitrogens with zero attached hydrogens (tertiary/aromatic N) is 1. The highest BCUT2D eigenvalue weighted by molar-refractivity contribution is 6.04. The van der Waals surface area contributed by atoms with Crippen molar-refractivity contribution in [3.05, 3.63) is 35.9 Å². The largest absolute Gasteiger partial charge is 0.456 e. The van der Waals surface area contributed by atoms with E-state index in [1.54, 1.807) is 13.1 Å². The first-order valence-electron chi connectivity index (χ1n) is 6.21. The molecule has 0 aliphatic carbocycles. The lowest BCUT2D eigenvalue weighted by atomic mass is 10.1. The molecule has 0 amide bonds. The number of carbonyl (C=O) groups excluding carboxylic acids is 1. The highest BCUT2D eigenvalue weighted by Gasteiger charge is 2.20. The Morgan fingerprint density at radius 2 is 1.95 bits per heavy atom. The fourth-order valence-corrected chi connectivity index (χ4v) is 1.81. The smallest absolute Gasteiger partial charge is 0.339 e. The van der Waals surface area contributed by atoms with Gasteiger partial charge in [-0.05, 0) is 32.9 Å². The molecule has 19 heavy (non-hydrogen) atoms. The molecule has 2 aromatic rings. The van der Waals surface area contributed by atoms with Gasteiger partial charge >= 0.3 is 5.97 Å². The van der Waals surface area contributed by atoms with Gasteiger partial charge in [0.2, 0.25) is 0 Å². The minimum absolute atomic E-state index is 0.331. The van der Waals surface area contributed by atoms with Gasteiger partial charge in [-0.25, -0.2) is 9.78 Å². The molecule has 0 saturated heterocycles. The van der Waals surface area contributed by atoms with Crippen LogP contribution < -0.4 is 5.32 Å². The first-order valence-corrected chi connectivity index (χ1v) is 6.21. The van der Waals surface area contributed by atoms with E-state index in [9.17, 15) is 4.79 Å². The van der Waals surface area contributed by atoms with E-state index < -0.39 is 5.60 Å². The van der Waals surface area contributed by atoms with E-state index in [1.807, 2.05) is 45.0 Å². The Bertz CT molecular complexity index is 615. The van der Waals surface area contributed by atoms with Gasteiger partial charge in [-0.2, -0.15) is 0 Å². The molecule has 0 atom stereocenters. The molecule has 0 aliphatic heterocycles. The third-order valence-corrected chi connectivity index (χ3v) is 2.59. The maximum absolute atomic E-state index is 12.3. The van der Waals surface area contributed by atoms with Crippen LogP contribution in [0.4, 0.5) is 5.82 Å². The molecule has 100 valence electrons. The van der Waals surface area contributed by atoms with E-state index in [1.165, 1.54) is 0 Å². The quantitative estimate of drug-likeness (QED) is 0.840. The predicted molar refractivity (Wildman–Crippen MR) is 76.5 cm³/mol. The van der Waals surface area contributed by atoms with Crippen molar-refractivity contribution in [1.29, 1.82) is 0 Å². The Hall–Kier alpha value is -2.10. The number of nitrogens with one attached hydrogen (secondary N) is 1. The van der Waals surface area contributed by atoms with Crippen molar-refractivity contribution in [2.45, 2.75) is 26.4 Å². The molecule has 0 radical (unpaired) electrons. The predicted octanol–water partition coefficient (Wildman–Crippen LogP) is 3.23. The third kappa shape index (κ3) is 3.02. The van der Waals surface area contributed by atoms with Crippen LogP contribution in [0.3, 0.4) is 0 Å². The molecular weight excluding hydrogens is 240 g/mol. The molecule has 0 bridgehead atoms. The zero-order valence-electron chi connectivity index (χ0n) is 11.7. The van der Waals surface area contributed by atoms with E-state index in [4.69, 9.17) is 4.74 Å². The zero-order chi connectivity index (χ0) is 14.0. The van der Waals surface area contributed by atoms with Crippen LogP contribution in [-0.4, -0.2) is 23.6 Å². The SMILES string of the molecule is CNc1cc(C(=O)OC(C)(C)C)c2ccccc2n1. The number of esters is 1. The first-order chi connectivity index (χ1) is 8.90. The lowest BCUT2D eigenvalue weighted by molar-refractivity contribution is 0.00718. The standard InChI is InChI=1S/C15H18N2O2/c1-15(2,3)19-14(18)11-9-13(16-4)17-12-8-6-5-7-10(11)12/h5-9H,1-4H3,(H,16,17). The third-order valence-electron chi connectivity index (χ3n) is 2.59. The highest BCUT2D eigenvalue weighted by Crippen LogP contribution is 2.23. The van der Waals surface area contributed by atoms with Gasteiger partial charge in [-0.3, -0.25) is 0 Å². The fourth-order valence-electron chi connectivity index (χ4n) is 1.81. The Morgan fingerprint density at radius 1 is 1.26 bits per heavy atom. The maximum atomic E-state index is 12.3. The second kappa shape index (κ2) is 4.88. The molecule has 0 aliphatic rings. The lowest BCUT2D eigenvalue weighted by Gasteiger charge is -2.20. The van der Waals surface area contributed by atoms with Gasteiger partial charge in [0.15, 0.2) is 0 Å². The van der Waals surface area contributed by atoms with Crippen LogP contribution in [0.1, 0.15) is 31.1 Å². The maximum Gasteiger partial charge on any atom is 0.339 e. The Kier molecular flexibility index (Phi) is 3.42. The van der Waals surface area contributed by atoms with Crippen molar-refractivity contribution in [3.8, 4) is 0 Å². The minimum atomic E-state index is -0.513. The summed E-state index contributed by atoms with van der Waals surface area (Å²) < 4.78 is 5.44.